The molecule has 0 bridgehead atoms. The molecule has 2 aromatic carbocycles. The van der Waals surface area contributed by atoms with E-state index in [1.165, 1.54) is 11.3 Å². The Morgan fingerprint density at radius 3 is 2.81 bits per heavy atom. The Morgan fingerprint density at radius 2 is 2.00 bits per heavy atom. The largest absolute Gasteiger partial charge is 0.486 e. The second kappa shape index (κ2) is 7.50. The average molecular weight is 398 g/mol. The molecule has 0 aliphatic heterocycles. The number of para-hydroxylation sites is 1. The maximum Gasteiger partial charge on any atom is 0.261 e. The highest BCUT2D eigenvalue weighted by atomic mass is 35.5. The second-order valence-electron chi connectivity index (χ2n) is 6.12. The SMILES string of the molecule is Cc1cccc2c(=O)n(Cc3csc(COc4ccc(Cl)cc4)n3)cnc12. The van der Waals surface area contributed by atoms with Crippen LogP contribution in [-0.2, 0) is 13.2 Å². The van der Waals surface area contributed by atoms with Crippen LogP contribution in [0.5, 0.6) is 5.75 Å². The molecule has 0 unspecified atom stereocenters. The van der Waals surface area contributed by atoms with Crippen LogP contribution >= 0.6 is 22.9 Å². The molecule has 0 N–H and O–H groups in total. The highest BCUT2D eigenvalue weighted by Gasteiger charge is 2.09. The molecular weight excluding hydrogens is 382 g/mol. The summed E-state index contributed by atoms with van der Waals surface area (Å²) in [6, 6.07) is 12.8. The zero-order valence-electron chi connectivity index (χ0n) is 14.6. The van der Waals surface area contributed by atoms with Crippen molar-refractivity contribution in [2.45, 2.75) is 20.1 Å². The third-order valence-corrected chi connectivity index (χ3v) is 5.29. The van der Waals surface area contributed by atoms with E-state index in [9.17, 15) is 4.79 Å². The lowest BCUT2D eigenvalue weighted by atomic mass is 10.1. The fourth-order valence-corrected chi connectivity index (χ4v) is 3.61. The number of fused-ring (bicyclic) bond motifs is 1. The summed E-state index contributed by atoms with van der Waals surface area (Å²) in [7, 11) is 0. The lowest BCUT2D eigenvalue weighted by Crippen LogP contribution is -2.21. The zero-order valence-corrected chi connectivity index (χ0v) is 16.1. The molecule has 0 radical (unpaired) electrons. The Bertz CT molecular complexity index is 1150. The van der Waals surface area contributed by atoms with Crippen molar-refractivity contribution in [3.8, 4) is 5.75 Å². The van der Waals surface area contributed by atoms with E-state index in [-0.39, 0.29) is 5.56 Å². The number of hydrogen-bond acceptors (Lipinski definition) is 5. The maximum atomic E-state index is 12.7. The van der Waals surface area contributed by atoms with Gasteiger partial charge in [-0.1, -0.05) is 23.7 Å². The van der Waals surface area contributed by atoms with Crippen molar-refractivity contribution in [1.82, 2.24) is 14.5 Å². The smallest absolute Gasteiger partial charge is 0.261 e. The molecule has 0 atom stereocenters. The summed E-state index contributed by atoms with van der Waals surface area (Å²) in [5, 5.41) is 4.08. The minimum absolute atomic E-state index is 0.0596. The lowest BCUT2D eigenvalue weighted by molar-refractivity contribution is 0.305. The predicted octanol–water partition coefficient (Wildman–Crippen LogP) is 4.44. The molecule has 27 heavy (non-hydrogen) atoms. The van der Waals surface area contributed by atoms with Crippen LogP contribution in [0.3, 0.4) is 0 Å². The van der Waals surface area contributed by atoms with Crippen LogP contribution in [0.25, 0.3) is 10.9 Å². The number of aryl methyl sites for hydroxylation is 1. The van der Waals surface area contributed by atoms with Crippen molar-refractivity contribution in [3.63, 3.8) is 0 Å². The zero-order chi connectivity index (χ0) is 18.8. The minimum Gasteiger partial charge on any atom is -0.486 e. The van der Waals surface area contributed by atoms with Gasteiger partial charge in [-0.05, 0) is 42.8 Å². The van der Waals surface area contributed by atoms with Crippen molar-refractivity contribution in [3.05, 3.63) is 85.8 Å². The average Bonchev–Trinajstić information content (AvgIpc) is 3.12. The van der Waals surface area contributed by atoms with Gasteiger partial charge in [-0.2, -0.15) is 0 Å². The van der Waals surface area contributed by atoms with Gasteiger partial charge in [0.25, 0.3) is 5.56 Å². The Hall–Kier alpha value is -2.70. The molecule has 0 aliphatic rings. The molecule has 0 saturated heterocycles. The third kappa shape index (κ3) is 3.86. The van der Waals surface area contributed by atoms with Gasteiger partial charge in [0.1, 0.15) is 17.4 Å². The van der Waals surface area contributed by atoms with Gasteiger partial charge in [-0.15, -0.1) is 11.3 Å². The normalized spacial score (nSPS) is 11.0. The van der Waals surface area contributed by atoms with Gasteiger partial charge < -0.3 is 4.74 Å². The molecule has 0 fully saturated rings. The van der Waals surface area contributed by atoms with E-state index in [4.69, 9.17) is 16.3 Å². The molecule has 0 amide bonds. The Morgan fingerprint density at radius 1 is 1.19 bits per heavy atom. The van der Waals surface area contributed by atoms with Gasteiger partial charge in [-0.25, -0.2) is 9.97 Å². The summed E-state index contributed by atoms with van der Waals surface area (Å²) in [4.78, 5) is 21.7. The summed E-state index contributed by atoms with van der Waals surface area (Å²) in [5.41, 5.74) is 2.49. The third-order valence-electron chi connectivity index (χ3n) is 4.16. The number of nitrogens with zero attached hydrogens (tertiary/aromatic N) is 3. The van der Waals surface area contributed by atoms with Gasteiger partial charge in [-0.3, -0.25) is 9.36 Å². The van der Waals surface area contributed by atoms with E-state index in [1.54, 1.807) is 29.1 Å². The molecule has 2 aromatic heterocycles. The van der Waals surface area contributed by atoms with Crippen LogP contribution in [-0.4, -0.2) is 14.5 Å². The second-order valence-corrected chi connectivity index (χ2v) is 7.50. The van der Waals surface area contributed by atoms with Crippen LogP contribution in [0.15, 0.2) is 59.0 Å². The van der Waals surface area contributed by atoms with Crippen molar-refractivity contribution in [2.24, 2.45) is 0 Å². The van der Waals surface area contributed by atoms with Gasteiger partial charge in [0.05, 0.1) is 29.5 Å². The first-order chi connectivity index (χ1) is 13.1. The van der Waals surface area contributed by atoms with E-state index in [2.05, 4.69) is 9.97 Å². The van der Waals surface area contributed by atoms with Crippen molar-refractivity contribution in [1.29, 1.82) is 0 Å². The van der Waals surface area contributed by atoms with Gasteiger partial charge in [0.15, 0.2) is 0 Å². The summed E-state index contributed by atoms with van der Waals surface area (Å²) < 4.78 is 7.30. The number of halogens is 1. The van der Waals surface area contributed by atoms with Gasteiger partial charge in [0, 0.05) is 10.4 Å². The fourth-order valence-electron chi connectivity index (χ4n) is 2.79. The molecule has 4 aromatic rings. The molecule has 0 spiro atoms. The summed E-state index contributed by atoms with van der Waals surface area (Å²) in [6.07, 6.45) is 1.58. The molecule has 7 heteroatoms. The van der Waals surface area contributed by atoms with E-state index in [0.717, 1.165) is 27.5 Å². The Kier molecular flexibility index (Phi) is 4.92. The van der Waals surface area contributed by atoms with E-state index in [0.29, 0.717) is 23.6 Å². The quantitative estimate of drug-likeness (QED) is 0.499. The first-order valence-corrected chi connectivity index (χ1v) is 9.62. The molecule has 5 nitrogen and oxygen atoms in total. The molecule has 2 heterocycles. The fraction of sp³-hybridized carbons (Fsp3) is 0.150. The lowest BCUT2D eigenvalue weighted by Gasteiger charge is -2.06. The molecule has 136 valence electrons. The standard InChI is InChI=1S/C20H16ClN3O2S/c1-13-3-2-4-17-19(13)22-12-24(20(17)25)9-15-11-27-18(23-15)10-26-16-7-5-14(21)6-8-16/h2-8,11-12H,9-10H2,1H3. The first-order valence-electron chi connectivity index (χ1n) is 8.36. The number of hydrogen-bond donors (Lipinski definition) is 0. The van der Waals surface area contributed by atoms with Crippen molar-refractivity contribution in [2.75, 3.05) is 0 Å². The topological polar surface area (TPSA) is 57.0 Å². The van der Waals surface area contributed by atoms with Crippen LogP contribution < -0.4 is 10.3 Å². The first kappa shape index (κ1) is 17.7. The molecule has 4 rings (SSSR count). The highest BCUT2D eigenvalue weighted by Crippen LogP contribution is 2.18. The van der Waals surface area contributed by atoms with Crippen LogP contribution in [0.4, 0.5) is 0 Å². The monoisotopic (exact) mass is 397 g/mol. The van der Waals surface area contributed by atoms with Crippen LogP contribution in [0.2, 0.25) is 5.02 Å². The van der Waals surface area contributed by atoms with Gasteiger partial charge in [0.2, 0.25) is 0 Å². The van der Waals surface area contributed by atoms with E-state index >= 15 is 0 Å². The van der Waals surface area contributed by atoms with E-state index in [1.807, 2.05) is 36.6 Å². The predicted molar refractivity (Wildman–Crippen MR) is 108 cm³/mol. The summed E-state index contributed by atoms with van der Waals surface area (Å²) >= 11 is 7.37. The number of thiazole rings is 1. The Balaban J connectivity index is 1.49. The van der Waals surface area contributed by atoms with Crippen LogP contribution in [0.1, 0.15) is 16.3 Å². The summed E-state index contributed by atoms with van der Waals surface area (Å²) in [5.74, 6) is 0.737. The van der Waals surface area contributed by atoms with Gasteiger partial charge >= 0.3 is 0 Å². The number of ether oxygens (including phenoxy) is 1. The number of rotatable bonds is 5. The molecule has 0 saturated carbocycles. The maximum absolute atomic E-state index is 12.7. The summed E-state index contributed by atoms with van der Waals surface area (Å²) in [6.45, 7) is 2.70. The van der Waals surface area contributed by atoms with Crippen molar-refractivity contribution >= 4 is 33.8 Å². The van der Waals surface area contributed by atoms with E-state index < -0.39 is 0 Å². The van der Waals surface area contributed by atoms with Crippen LogP contribution in [0, 0.1) is 6.92 Å². The van der Waals surface area contributed by atoms with Crippen molar-refractivity contribution < 1.29 is 4.74 Å². The number of benzene rings is 2. The molecule has 0 aliphatic carbocycles. The minimum atomic E-state index is -0.0596. The Labute approximate surface area is 164 Å². The number of aromatic nitrogens is 3. The molecular formula is C20H16ClN3O2S. The highest BCUT2D eigenvalue weighted by molar-refractivity contribution is 7.09.